The highest BCUT2D eigenvalue weighted by Gasteiger charge is 2.20. The number of hydrogen-bond donors (Lipinski definition) is 1. The Kier molecular flexibility index (Phi) is 6.31. The van der Waals surface area contributed by atoms with E-state index in [0.29, 0.717) is 29.5 Å². The van der Waals surface area contributed by atoms with Crippen molar-refractivity contribution in [2.75, 3.05) is 6.54 Å². The lowest BCUT2D eigenvalue weighted by Crippen LogP contribution is -2.24. The zero-order valence-electron chi connectivity index (χ0n) is 13.4. The molecule has 0 amide bonds. The number of nitrogens with one attached hydrogen (secondary N) is 1. The Hall–Kier alpha value is -0.800. The van der Waals surface area contributed by atoms with Crippen molar-refractivity contribution in [2.24, 2.45) is 11.8 Å². The van der Waals surface area contributed by atoms with Gasteiger partial charge in [0.05, 0.1) is 10.7 Å². The Labute approximate surface area is 133 Å². The highest BCUT2D eigenvalue weighted by Crippen LogP contribution is 2.27. The van der Waals surface area contributed by atoms with Gasteiger partial charge in [0.25, 0.3) is 0 Å². The molecular weight excluding hydrogens is 284 g/mol. The summed E-state index contributed by atoms with van der Waals surface area (Å²) >= 11 is 6.22. The fraction of sp³-hybridized carbons (Fsp3) is 0.706. The summed E-state index contributed by atoms with van der Waals surface area (Å²) in [7, 11) is 0. The summed E-state index contributed by atoms with van der Waals surface area (Å²) in [5.41, 5.74) is 0.874. The van der Waals surface area contributed by atoms with Crippen molar-refractivity contribution in [1.82, 2.24) is 10.3 Å². The number of ether oxygens (including phenoxy) is 1. The topological polar surface area (TPSA) is 34.2 Å². The molecule has 3 nitrogen and oxygen atoms in total. The van der Waals surface area contributed by atoms with E-state index < -0.39 is 0 Å². The van der Waals surface area contributed by atoms with Gasteiger partial charge in [-0.25, -0.2) is 4.98 Å². The van der Waals surface area contributed by atoms with E-state index >= 15 is 0 Å². The number of nitrogens with zero attached hydrogens (tertiary/aromatic N) is 1. The zero-order chi connectivity index (χ0) is 15.2. The van der Waals surface area contributed by atoms with E-state index in [-0.39, 0.29) is 0 Å². The van der Waals surface area contributed by atoms with E-state index in [1.807, 2.05) is 12.1 Å². The van der Waals surface area contributed by atoms with E-state index in [2.05, 4.69) is 31.1 Å². The third-order valence-corrected chi connectivity index (χ3v) is 4.33. The highest BCUT2D eigenvalue weighted by molar-refractivity contribution is 6.31. The normalized spacial score (nSPS) is 22.5. The number of hydrogen-bond acceptors (Lipinski definition) is 3. The van der Waals surface area contributed by atoms with Gasteiger partial charge >= 0.3 is 0 Å². The lowest BCUT2D eigenvalue weighted by molar-refractivity contribution is 0.130. The van der Waals surface area contributed by atoms with Crippen molar-refractivity contribution < 1.29 is 4.74 Å². The minimum absolute atomic E-state index is 0.311. The monoisotopic (exact) mass is 310 g/mol. The molecule has 0 radical (unpaired) electrons. The number of halogens is 1. The predicted molar refractivity (Wildman–Crippen MR) is 87.8 cm³/mol. The van der Waals surface area contributed by atoms with Crippen molar-refractivity contribution in [2.45, 2.75) is 59.1 Å². The maximum Gasteiger partial charge on any atom is 0.213 e. The summed E-state index contributed by atoms with van der Waals surface area (Å²) in [6.45, 7) is 8.34. The second-order valence-corrected chi connectivity index (χ2v) is 7.01. The molecule has 0 bridgehead atoms. The number of aromatic nitrogens is 1. The van der Waals surface area contributed by atoms with Crippen LogP contribution in [0, 0.1) is 11.8 Å². The molecule has 0 atom stereocenters. The molecule has 1 aliphatic carbocycles. The number of pyridine rings is 1. The summed E-state index contributed by atoms with van der Waals surface area (Å²) in [5, 5.41) is 4.08. The molecule has 4 heteroatoms. The smallest absolute Gasteiger partial charge is 0.213 e. The van der Waals surface area contributed by atoms with Crippen LogP contribution in [0.4, 0.5) is 0 Å². The number of rotatable bonds is 6. The lowest BCUT2D eigenvalue weighted by atomic mass is 9.89. The molecule has 1 fully saturated rings. The largest absolute Gasteiger partial charge is 0.474 e. The third kappa shape index (κ3) is 5.48. The molecule has 1 aromatic rings. The van der Waals surface area contributed by atoms with Crippen LogP contribution in [0.1, 0.15) is 52.1 Å². The summed E-state index contributed by atoms with van der Waals surface area (Å²) < 4.78 is 6.03. The summed E-state index contributed by atoms with van der Waals surface area (Å²) in [4.78, 5) is 4.57. The fourth-order valence-corrected chi connectivity index (χ4v) is 2.82. The van der Waals surface area contributed by atoms with Crippen molar-refractivity contribution >= 4 is 11.6 Å². The average Bonchev–Trinajstić information content (AvgIpc) is 2.44. The van der Waals surface area contributed by atoms with Gasteiger partial charge in [-0.2, -0.15) is 0 Å². The zero-order valence-corrected chi connectivity index (χ0v) is 14.1. The molecule has 0 spiro atoms. The molecule has 1 aliphatic rings. The predicted octanol–water partition coefficient (Wildman–Crippen LogP) is 4.44. The van der Waals surface area contributed by atoms with Crippen LogP contribution in [-0.4, -0.2) is 17.6 Å². The second kappa shape index (κ2) is 8.00. The maximum absolute atomic E-state index is 6.22. The van der Waals surface area contributed by atoms with Crippen LogP contribution in [0.25, 0.3) is 0 Å². The molecule has 1 heterocycles. The van der Waals surface area contributed by atoms with Crippen LogP contribution in [0.5, 0.6) is 5.88 Å². The van der Waals surface area contributed by atoms with Crippen LogP contribution in [0.2, 0.25) is 5.02 Å². The Morgan fingerprint density at radius 3 is 2.67 bits per heavy atom. The minimum Gasteiger partial charge on any atom is -0.474 e. The molecular formula is C17H27ClN2O. The first-order valence-corrected chi connectivity index (χ1v) is 8.45. The Morgan fingerprint density at radius 1 is 1.29 bits per heavy atom. The summed E-state index contributed by atoms with van der Waals surface area (Å²) in [6.07, 6.45) is 5.08. The first-order valence-electron chi connectivity index (χ1n) is 8.07. The van der Waals surface area contributed by atoms with Crippen molar-refractivity contribution in [1.29, 1.82) is 0 Å². The molecule has 118 valence electrons. The van der Waals surface area contributed by atoms with Gasteiger partial charge in [-0.1, -0.05) is 32.4 Å². The molecule has 0 saturated heterocycles. The van der Waals surface area contributed by atoms with Crippen molar-refractivity contribution in [3.05, 3.63) is 22.8 Å². The van der Waals surface area contributed by atoms with Gasteiger partial charge in [0.1, 0.15) is 6.10 Å². The van der Waals surface area contributed by atoms with Gasteiger partial charge in [-0.3, -0.25) is 0 Å². The van der Waals surface area contributed by atoms with Crippen molar-refractivity contribution in [3.63, 3.8) is 0 Å². The molecule has 1 N–H and O–H groups in total. The van der Waals surface area contributed by atoms with Gasteiger partial charge in [-0.15, -0.1) is 0 Å². The summed E-state index contributed by atoms with van der Waals surface area (Å²) in [6, 6.07) is 3.77. The first-order chi connectivity index (χ1) is 10.0. The maximum atomic E-state index is 6.22. The van der Waals surface area contributed by atoms with Crippen LogP contribution in [0.3, 0.4) is 0 Å². The van der Waals surface area contributed by atoms with E-state index in [1.54, 1.807) is 0 Å². The van der Waals surface area contributed by atoms with Crippen molar-refractivity contribution in [3.8, 4) is 5.88 Å². The third-order valence-electron chi connectivity index (χ3n) is 3.99. The van der Waals surface area contributed by atoms with E-state index in [0.717, 1.165) is 31.0 Å². The Bertz CT molecular complexity index is 442. The molecule has 1 saturated carbocycles. The Morgan fingerprint density at radius 2 is 2.00 bits per heavy atom. The quantitative estimate of drug-likeness (QED) is 0.843. The van der Waals surface area contributed by atoms with Crippen LogP contribution >= 0.6 is 11.6 Å². The van der Waals surface area contributed by atoms with Crippen LogP contribution in [-0.2, 0) is 6.54 Å². The molecule has 0 aromatic carbocycles. The van der Waals surface area contributed by atoms with Gasteiger partial charge in [0.2, 0.25) is 5.88 Å². The van der Waals surface area contributed by atoms with E-state index in [9.17, 15) is 0 Å². The molecule has 1 aromatic heterocycles. The molecule has 2 rings (SSSR count). The molecule has 0 aliphatic heterocycles. The second-order valence-electron chi connectivity index (χ2n) is 6.60. The van der Waals surface area contributed by atoms with E-state index in [1.165, 1.54) is 12.8 Å². The lowest BCUT2D eigenvalue weighted by Gasteiger charge is -2.26. The average molecular weight is 311 g/mol. The fourth-order valence-electron chi connectivity index (χ4n) is 2.65. The van der Waals surface area contributed by atoms with Crippen LogP contribution < -0.4 is 10.1 Å². The minimum atomic E-state index is 0.311. The molecule has 0 unspecified atom stereocenters. The van der Waals surface area contributed by atoms with E-state index in [4.69, 9.17) is 16.3 Å². The molecule has 21 heavy (non-hydrogen) atoms. The van der Waals surface area contributed by atoms with Gasteiger partial charge in [0, 0.05) is 12.6 Å². The Balaban J connectivity index is 1.91. The highest BCUT2D eigenvalue weighted by atomic mass is 35.5. The van der Waals surface area contributed by atoms with Crippen LogP contribution in [0.15, 0.2) is 12.1 Å². The van der Waals surface area contributed by atoms with Gasteiger partial charge in [-0.05, 0) is 50.1 Å². The van der Waals surface area contributed by atoms with Gasteiger partial charge < -0.3 is 10.1 Å². The van der Waals surface area contributed by atoms with Gasteiger partial charge in [0.15, 0.2) is 0 Å². The SMILES string of the molecule is CC(C)CNCc1nc(OC2CCC(C)CC2)ccc1Cl. The first kappa shape index (κ1) is 16.6. The standard InChI is InChI=1S/C17H27ClN2O/c1-12(2)10-19-11-16-15(18)8-9-17(20-16)21-14-6-4-13(3)5-7-14/h8-9,12-14,19H,4-7,10-11H2,1-3H3. The summed E-state index contributed by atoms with van der Waals surface area (Å²) in [5.74, 6) is 2.16.